The number of aryl methyl sites for hydroxylation is 1. The van der Waals surface area contributed by atoms with Crippen LogP contribution in [0.4, 0.5) is 0 Å². The summed E-state index contributed by atoms with van der Waals surface area (Å²) in [7, 11) is 1.57. The fourth-order valence-electron chi connectivity index (χ4n) is 0.770. The second-order valence-corrected chi connectivity index (χ2v) is 2.78. The second-order valence-electron chi connectivity index (χ2n) is 2.25. The van der Waals surface area contributed by atoms with E-state index in [0.717, 1.165) is 0 Å². The first-order valence-electron chi connectivity index (χ1n) is 3.22. The molecule has 0 aromatic carbocycles. The minimum atomic E-state index is -0.410. The van der Waals surface area contributed by atoms with Crippen molar-refractivity contribution in [3.05, 3.63) is 37.6 Å². The molecule has 0 fully saturated rings. The van der Waals surface area contributed by atoms with Crippen molar-refractivity contribution >= 4 is 22.0 Å². The highest BCUT2D eigenvalue weighted by Gasteiger charge is 1.96. The van der Waals surface area contributed by atoms with E-state index in [4.69, 9.17) is 0 Å². The van der Waals surface area contributed by atoms with Gasteiger partial charge in [-0.3, -0.25) is 9.78 Å². The van der Waals surface area contributed by atoms with Crippen LogP contribution in [0.5, 0.6) is 0 Å². The molecule has 0 radical (unpaired) electrons. The van der Waals surface area contributed by atoms with Crippen LogP contribution in [0, 0.1) is 0 Å². The van der Waals surface area contributed by atoms with Crippen molar-refractivity contribution in [1.82, 2.24) is 9.55 Å². The van der Waals surface area contributed by atoms with Gasteiger partial charge in [0.25, 0.3) is 5.56 Å². The van der Waals surface area contributed by atoms with E-state index in [9.17, 15) is 9.59 Å². The van der Waals surface area contributed by atoms with Gasteiger partial charge in [-0.05, 0) is 11.1 Å². The highest BCUT2D eigenvalue weighted by Crippen LogP contribution is 1.93. The maximum absolute atomic E-state index is 11.0. The fraction of sp³-hybridized carbons (Fsp3) is 0.143. The van der Waals surface area contributed by atoms with Crippen LogP contribution in [0.3, 0.4) is 0 Å². The van der Waals surface area contributed by atoms with E-state index in [-0.39, 0.29) is 5.56 Å². The highest BCUT2D eigenvalue weighted by atomic mass is 79.9. The summed E-state index contributed by atoms with van der Waals surface area (Å²) in [6.45, 7) is 0. The Morgan fingerprint density at radius 1 is 1.58 bits per heavy atom. The molecule has 0 bridgehead atoms. The van der Waals surface area contributed by atoms with Gasteiger partial charge in [-0.2, -0.15) is 0 Å². The van der Waals surface area contributed by atoms with Crippen LogP contribution in [0.2, 0.25) is 0 Å². The van der Waals surface area contributed by atoms with Crippen molar-refractivity contribution in [3.8, 4) is 0 Å². The third kappa shape index (κ3) is 1.73. The summed E-state index contributed by atoms with van der Waals surface area (Å²) in [6.07, 6.45) is 3.04. The number of halogens is 1. The average Bonchev–Trinajstić information content (AvgIpc) is 2.01. The van der Waals surface area contributed by atoms with Gasteiger partial charge in [0.1, 0.15) is 0 Å². The topological polar surface area (TPSA) is 54.9 Å². The van der Waals surface area contributed by atoms with E-state index in [1.807, 2.05) is 0 Å². The average molecular weight is 231 g/mol. The standard InChI is InChI=1S/C7H7BrN2O2/c1-10-4-5(2-3-8)6(11)9-7(10)12/h2-4H,1H3,(H,9,11,12)/b3-2+. The van der Waals surface area contributed by atoms with Gasteiger partial charge in [0, 0.05) is 13.2 Å². The normalized spacial score (nSPS) is 10.8. The lowest BCUT2D eigenvalue weighted by molar-refractivity contribution is 0.796. The maximum atomic E-state index is 11.0. The molecule has 1 aromatic rings. The van der Waals surface area contributed by atoms with E-state index >= 15 is 0 Å². The van der Waals surface area contributed by atoms with Crippen molar-refractivity contribution < 1.29 is 0 Å². The summed E-state index contributed by atoms with van der Waals surface area (Å²) in [5.41, 5.74) is -0.352. The number of nitrogens with one attached hydrogen (secondary N) is 1. The van der Waals surface area contributed by atoms with E-state index in [0.29, 0.717) is 5.56 Å². The van der Waals surface area contributed by atoms with Crippen molar-refractivity contribution in [2.75, 3.05) is 0 Å². The van der Waals surface area contributed by atoms with Crippen LogP contribution in [0.15, 0.2) is 20.8 Å². The van der Waals surface area contributed by atoms with Crippen molar-refractivity contribution in [2.45, 2.75) is 0 Å². The number of nitrogens with zero attached hydrogens (tertiary/aromatic N) is 1. The number of rotatable bonds is 1. The van der Waals surface area contributed by atoms with Gasteiger partial charge in [-0.1, -0.05) is 15.9 Å². The van der Waals surface area contributed by atoms with Gasteiger partial charge in [-0.15, -0.1) is 0 Å². The smallest absolute Gasteiger partial charge is 0.303 e. The molecule has 1 heterocycles. The first kappa shape index (κ1) is 8.99. The summed E-state index contributed by atoms with van der Waals surface area (Å²) in [5, 5.41) is 0. The van der Waals surface area contributed by atoms with E-state index < -0.39 is 5.69 Å². The Bertz CT molecular complexity index is 416. The van der Waals surface area contributed by atoms with Crippen LogP contribution in [0.25, 0.3) is 6.08 Å². The Morgan fingerprint density at radius 2 is 2.25 bits per heavy atom. The lowest BCUT2D eigenvalue weighted by Gasteiger charge is -1.95. The molecule has 1 N–H and O–H groups in total. The number of aromatic amines is 1. The number of hydrogen-bond acceptors (Lipinski definition) is 2. The summed E-state index contributed by atoms with van der Waals surface area (Å²) in [6, 6.07) is 0. The summed E-state index contributed by atoms with van der Waals surface area (Å²) in [4.78, 5) is 25.6. The SMILES string of the molecule is Cn1cc(/C=C/Br)c(=O)[nH]c1=O. The van der Waals surface area contributed by atoms with Gasteiger partial charge < -0.3 is 4.57 Å². The first-order valence-corrected chi connectivity index (χ1v) is 4.13. The quantitative estimate of drug-likeness (QED) is 0.762. The Kier molecular flexibility index (Phi) is 2.65. The predicted molar refractivity (Wildman–Crippen MR) is 50.3 cm³/mol. The van der Waals surface area contributed by atoms with Crippen molar-refractivity contribution in [1.29, 1.82) is 0 Å². The molecule has 0 unspecified atom stereocenters. The van der Waals surface area contributed by atoms with Crippen LogP contribution in [-0.2, 0) is 7.05 Å². The molecule has 1 aromatic heterocycles. The van der Waals surface area contributed by atoms with Crippen LogP contribution < -0.4 is 11.2 Å². The fourth-order valence-corrected chi connectivity index (χ4v) is 1.05. The van der Waals surface area contributed by atoms with Crippen LogP contribution in [-0.4, -0.2) is 9.55 Å². The zero-order chi connectivity index (χ0) is 9.14. The minimum absolute atomic E-state index is 0.381. The van der Waals surface area contributed by atoms with E-state index in [1.54, 1.807) is 18.1 Å². The molecule has 0 aliphatic carbocycles. The zero-order valence-corrected chi connectivity index (χ0v) is 7.96. The molecule has 5 heteroatoms. The number of hydrogen-bond donors (Lipinski definition) is 1. The van der Waals surface area contributed by atoms with E-state index in [1.165, 1.54) is 10.8 Å². The first-order chi connectivity index (χ1) is 5.65. The Morgan fingerprint density at radius 3 is 2.83 bits per heavy atom. The Balaban J connectivity index is 3.43. The van der Waals surface area contributed by atoms with Gasteiger partial charge >= 0.3 is 5.69 Å². The number of H-pyrrole nitrogens is 1. The molecule has 0 saturated carbocycles. The third-order valence-electron chi connectivity index (χ3n) is 1.38. The zero-order valence-electron chi connectivity index (χ0n) is 6.37. The Hall–Kier alpha value is -1.10. The van der Waals surface area contributed by atoms with Gasteiger partial charge in [0.2, 0.25) is 0 Å². The molecule has 0 amide bonds. The largest absolute Gasteiger partial charge is 0.328 e. The minimum Gasteiger partial charge on any atom is -0.303 e. The molecular formula is C7H7BrN2O2. The summed E-state index contributed by atoms with van der Waals surface area (Å²) in [5.74, 6) is 0. The van der Waals surface area contributed by atoms with Crippen molar-refractivity contribution in [2.24, 2.45) is 7.05 Å². The third-order valence-corrected chi connectivity index (χ3v) is 1.64. The summed E-state index contributed by atoms with van der Waals surface area (Å²) < 4.78 is 1.31. The highest BCUT2D eigenvalue weighted by molar-refractivity contribution is 9.11. The summed E-state index contributed by atoms with van der Waals surface area (Å²) >= 11 is 3.04. The molecule has 0 spiro atoms. The lowest BCUT2D eigenvalue weighted by Crippen LogP contribution is -2.28. The maximum Gasteiger partial charge on any atom is 0.328 e. The molecule has 0 aliphatic heterocycles. The molecular weight excluding hydrogens is 224 g/mol. The monoisotopic (exact) mass is 230 g/mol. The van der Waals surface area contributed by atoms with Crippen LogP contribution in [0.1, 0.15) is 5.56 Å². The molecule has 4 nitrogen and oxygen atoms in total. The molecule has 12 heavy (non-hydrogen) atoms. The molecule has 0 atom stereocenters. The van der Waals surface area contributed by atoms with Crippen molar-refractivity contribution in [3.63, 3.8) is 0 Å². The molecule has 0 aliphatic rings. The van der Waals surface area contributed by atoms with E-state index in [2.05, 4.69) is 20.9 Å². The Labute approximate surface area is 76.7 Å². The van der Waals surface area contributed by atoms with Crippen LogP contribution >= 0.6 is 15.9 Å². The lowest BCUT2D eigenvalue weighted by atomic mass is 10.3. The van der Waals surface area contributed by atoms with Gasteiger partial charge in [0.05, 0.1) is 5.56 Å². The van der Waals surface area contributed by atoms with Gasteiger partial charge in [0.15, 0.2) is 0 Å². The van der Waals surface area contributed by atoms with Gasteiger partial charge in [-0.25, -0.2) is 4.79 Å². The number of aromatic nitrogens is 2. The molecule has 1 rings (SSSR count). The second kappa shape index (κ2) is 3.53. The predicted octanol–water partition coefficient (Wildman–Crippen LogP) is 0.439. The molecule has 0 saturated heterocycles. The molecule has 64 valence electrons.